The van der Waals surface area contributed by atoms with Crippen molar-refractivity contribution in [2.24, 2.45) is 0 Å². The van der Waals surface area contributed by atoms with E-state index in [1.54, 1.807) is 30.9 Å². The molecule has 0 unspecified atom stereocenters. The van der Waals surface area contributed by atoms with Gasteiger partial charge in [-0.2, -0.15) is 0 Å². The Kier molecular flexibility index (Phi) is 7.08. The fourth-order valence-corrected chi connectivity index (χ4v) is 2.37. The number of benzene rings is 1. The van der Waals surface area contributed by atoms with Crippen molar-refractivity contribution in [3.05, 3.63) is 53.2 Å². The number of nitrogens with one attached hydrogen (secondary N) is 1. The molecule has 8 heteroatoms. The molecule has 1 amide bonds. The fraction of sp³-hybridized carbons (Fsp3) is 0.300. The van der Waals surface area contributed by atoms with Gasteiger partial charge in [-0.25, -0.2) is 14.6 Å². The second-order valence-electron chi connectivity index (χ2n) is 5.99. The van der Waals surface area contributed by atoms with E-state index in [2.05, 4.69) is 10.3 Å². The molecule has 0 aliphatic rings. The molecule has 28 heavy (non-hydrogen) atoms. The van der Waals surface area contributed by atoms with Crippen LogP contribution in [0.1, 0.15) is 44.9 Å². The summed E-state index contributed by atoms with van der Waals surface area (Å²) in [4.78, 5) is 42.8. The molecule has 1 N–H and O–H groups in total. The summed E-state index contributed by atoms with van der Waals surface area (Å²) in [6.07, 6.45) is 1.53. The highest BCUT2D eigenvalue weighted by Crippen LogP contribution is 2.19. The van der Waals surface area contributed by atoms with Gasteiger partial charge < -0.3 is 19.7 Å². The maximum absolute atomic E-state index is 12.6. The van der Waals surface area contributed by atoms with Gasteiger partial charge in [-0.1, -0.05) is 0 Å². The van der Waals surface area contributed by atoms with E-state index < -0.39 is 17.8 Å². The first-order chi connectivity index (χ1) is 13.3. The van der Waals surface area contributed by atoms with Crippen LogP contribution in [0.2, 0.25) is 0 Å². The molecule has 0 aliphatic heterocycles. The minimum absolute atomic E-state index is 0.145. The monoisotopic (exact) mass is 385 g/mol. The third kappa shape index (κ3) is 5.29. The van der Waals surface area contributed by atoms with Crippen molar-refractivity contribution in [2.45, 2.75) is 13.8 Å². The number of anilines is 2. The number of rotatable bonds is 7. The highest BCUT2D eigenvalue weighted by molar-refractivity contribution is 6.06. The Labute approximate surface area is 163 Å². The number of esters is 2. The molecule has 2 aromatic rings. The van der Waals surface area contributed by atoms with Gasteiger partial charge in [0.15, 0.2) is 0 Å². The number of carbonyl (C=O) groups excluding carboxylic acids is 3. The van der Waals surface area contributed by atoms with Crippen molar-refractivity contribution in [3.8, 4) is 0 Å². The number of carbonyl (C=O) groups is 3. The summed E-state index contributed by atoms with van der Waals surface area (Å²) in [6, 6.07) is 7.49. The third-order valence-corrected chi connectivity index (χ3v) is 3.68. The van der Waals surface area contributed by atoms with Crippen LogP contribution in [-0.4, -0.2) is 50.1 Å². The molecule has 0 atom stereocenters. The van der Waals surface area contributed by atoms with Crippen LogP contribution in [0.3, 0.4) is 0 Å². The first kappa shape index (κ1) is 20.9. The fourth-order valence-electron chi connectivity index (χ4n) is 2.37. The zero-order chi connectivity index (χ0) is 20.7. The molecule has 2 rings (SSSR count). The summed E-state index contributed by atoms with van der Waals surface area (Å²) in [5, 5.41) is 2.70. The lowest BCUT2D eigenvalue weighted by atomic mass is 10.1. The van der Waals surface area contributed by atoms with Crippen LogP contribution in [0, 0.1) is 0 Å². The number of aromatic nitrogens is 1. The molecule has 8 nitrogen and oxygen atoms in total. The van der Waals surface area contributed by atoms with E-state index >= 15 is 0 Å². The Hall–Kier alpha value is -3.42. The summed E-state index contributed by atoms with van der Waals surface area (Å²) in [5.41, 5.74) is 0.956. The summed E-state index contributed by atoms with van der Waals surface area (Å²) in [6.45, 7) is 3.74. The molecule has 0 bridgehead atoms. The minimum Gasteiger partial charge on any atom is -0.462 e. The van der Waals surface area contributed by atoms with Crippen molar-refractivity contribution in [2.75, 3.05) is 37.5 Å². The van der Waals surface area contributed by atoms with Gasteiger partial charge in [0.05, 0.1) is 24.3 Å². The number of hydrogen-bond donors (Lipinski definition) is 1. The lowest BCUT2D eigenvalue weighted by molar-refractivity contribution is 0.0525. The molecule has 0 fully saturated rings. The predicted molar refractivity (Wildman–Crippen MR) is 105 cm³/mol. The Morgan fingerprint density at radius 2 is 1.50 bits per heavy atom. The largest absolute Gasteiger partial charge is 0.462 e. The van der Waals surface area contributed by atoms with Crippen LogP contribution in [0.15, 0.2) is 36.5 Å². The van der Waals surface area contributed by atoms with Crippen LogP contribution in [0.25, 0.3) is 0 Å². The smallest absolute Gasteiger partial charge is 0.338 e. The number of ether oxygens (including phenoxy) is 2. The van der Waals surface area contributed by atoms with E-state index in [-0.39, 0.29) is 30.0 Å². The minimum atomic E-state index is -0.594. The van der Waals surface area contributed by atoms with Crippen LogP contribution < -0.4 is 10.2 Å². The normalized spacial score (nSPS) is 10.1. The van der Waals surface area contributed by atoms with Gasteiger partial charge in [-0.15, -0.1) is 0 Å². The summed E-state index contributed by atoms with van der Waals surface area (Å²) >= 11 is 0. The van der Waals surface area contributed by atoms with Crippen molar-refractivity contribution in [1.29, 1.82) is 0 Å². The van der Waals surface area contributed by atoms with Gasteiger partial charge in [-0.3, -0.25) is 4.79 Å². The lowest BCUT2D eigenvalue weighted by Gasteiger charge is -2.13. The predicted octanol–water partition coefficient (Wildman–Crippen LogP) is 2.75. The van der Waals surface area contributed by atoms with E-state index in [0.29, 0.717) is 11.4 Å². The van der Waals surface area contributed by atoms with Crippen LogP contribution in [-0.2, 0) is 9.47 Å². The van der Waals surface area contributed by atoms with Gasteiger partial charge >= 0.3 is 11.9 Å². The highest BCUT2D eigenvalue weighted by Gasteiger charge is 2.16. The van der Waals surface area contributed by atoms with Crippen LogP contribution in [0.5, 0.6) is 0 Å². The molecule has 0 saturated carbocycles. The van der Waals surface area contributed by atoms with Gasteiger partial charge in [0, 0.05) is 31.5 Å². The molecular weight excluding hydrogens is 362 g/mol. The van der Waals surface area contributed by atoms with Crippen molar-refractivity contribution >= 4 is 29.4 Å². The Bertz CT molecular complexity index is 844. The van der Waals surface area contributed by atoms with Crippen molar-refractivity contribution in [1.82, 2.24) is 4.98 Å². The topological polar surface area (TPSA) is 97.8 Å². The zero-order valence-corrected chi connectivity index (χ0v) is 16.3. The summed E-state index contributed by atoms with van der Waals surface area (Å²) in [7, 11) is 3.64. The Morgan fingerprint density at radius 3 is 2.00 bits per heavy atom. The second kappa shape index (κ2) is 9.50. The molecule has 1 aromatic carbocycles. The van der Waals surface area contributed by atoms with Crippen LogP contribution >= 0.6 is 0 Å². The van der Waals surface area contributed by atoms with E-state index in [1.165, 1.54) is 24.4 Å². The summed E-state index contributed by atoms with van der Waals surface area (Å²) in [5.74, 6) is -0.965. The standard InChI is InChI=1S/C20H23N3O5/c1-5-27-19(25)14-9-15(20(26)28-6-2)11-16(10-14)22-18(24)13-7-8-21-17(12-13)23(3)4/h7-12H,5-6H2,1-4H3,(H,22,24). The van der Waals surface area contributed by atoms with E-state index in [0.717, 1.165) is 0 Å². The molecule has 1 heterocycles. The van der Waals surface area contributed by atoms with Crippen molar-refractivity contribution in [3.63, 3.8) is 0 Å². The van der Waals surface area contributed by atoms with Gasteiger partial charge in [0.2, 0.25) is 0 Å². The molecule has 1 aromatic heterocycles. The Morgan fingerprint density at radius 1 is 0.929 bits per heavy atom. The van der Waals surface area contributed by atoms with E-state index in [9.17, 15) is 14.4 Å². The van der Waals surface area contributed by atoms with E-state index in [1.807, 2.05) is 14.1 Å². The lowest BCUT2D eigenvalue weighted by Crippen LogP contribution is -2.16. The number of nitrogens with zero attached hydrogens (tertiary/aromatic N) is 2. The highest BCUT2D eigenvalue weighted by atomic mass is 16.5. The first-order valence-corrected chi connectivity index (χ1v) is 8.79. The first-order valence-electron chi connectivity index (χ1n) is 8.79. The maximum Gasteiger partial charge on any atom is 0.338 e. The number of pyridine rings is 1. The average molecular weight is 385 g/mol. The number of amides is 1. The molecule has 0 aliphatic carbocycles. The van der Waals surface area contributed by atoms with Gasteiger partial charge in [0.25, 0.3) is 5.91 Å². The summed E-state index contributed by atoms with van der Waals surface area (Å²) < 4.78 is 9.98. The Balaban J connectivity index is 2.35. The van der Waals surface area contributed by atoms with Gasteiger partial charge in [-0.05, 0) is 44.2 Å². The number of hydrogen-bond acceptors (Lipinski definition) is 7. The van der Waals surface area contributed by atoms with Crippen LogP contribution in [0.4, 0.5) is 11.5 Å². The van der Waals surface area contributed by atoms with Gasteiger partial charge in [0.1, 0.15) is 5.82 Å². The van der Waals surface area contributed by atoms with Crippen molar-refractivity contribution < 1.29 is 23.9 Å². The molecular formula is C20H23N3O5. The quantitative estimate of drug-likeness (QED) is 0.732. The molecule has 148 valence electrons. The molecule has 0 radical (unpaired) electrons. The molecule has 0 saturated heterocycles. The average Bonchev–Trinajstić information content (AvgIpc) is 2.68. The zero-order valence-electron chi connectivity index (χ0n) is 16.3. The molecule has 0 spiro atoms. The maximum atomic E-state index is 12.6. The second-order valence-corrected chi connectivity index (χ2v) is 5.99. The SMILES string of the molecule is CCOC(=O)c1cc(NC(=O)c2ccnc(N(C)C)c2)cc(C(=O)OCC)c1. The third-order valence-electron chi connectivity index (χ3n) is 3.68. The van der Waals surface area contributed by atoms with E-state index in [4.69, 9.17) is 9.47 Å².